The van der Waals surface area contributed by atoms with E-state index in [4.69, 9.17) is 10.5 Å². The maximum atomic E-state index is 12.5. The summed E-state index contributed by atoms with van der Waals surface area (Å²) in [6.45, 7) is 9.39. The van der Waals surface area contributed by atoms with Gasteiger partial charge in [-0.15, -0.1) is 0 Å². The van der Waals surface area contributed by atoms with Crippen molar-refractivity contribution >= 4 is 11.7 Å². The van der Waals surface area contributed by atoms with E-state index in [0.717, 1.165) is 19.4 Å². The molecule has 21 heavy (non-hydrogen) atoms. The largest absolute Gasteiger partial charge is 0.457 e. The molecule has 0 aliphatic heterocycles. The van der Waals surface area contributed by atoms with Crippen LogP contribution in [0.3, 0.4) is 0 Å². The number of anilines is 1. The molecule has 1 saturated carbocycles. The summed E-state index contributed by atoms with van der Waals surface area (Å²) in [5, 5.41) is 0. The molecule has 2 N–H and O–H groups in total. The molecule has 3 unspecified atom stereocenters. The first kappa shape index (κ1) is 15.9. The van der Waals surface area contributed by atoms with Gasteiger partial charge in [0, 0.05) is 12.7 Å². The summed E-state index contributed by atoms with van der Waals surface area (Å²) in [4.78, 5) is 12.5. The van der Waals surface area contributed by atoms with E-state index in [-0.39, 0.29) is 12.1 Å². The molecule has 0 spiro atoms. The van der Waals surface area contributed by atoms with Gasteiger partial charge >= 0.3 is 5.97 Å². The summed E-state index contributed by atoms with van der Waals surface area (Å²) < 4.78 is 7.72. The van der Waals surface area contributed by atoms with Crippen LogP contribution in [-0.2, 0) is 11.3 Å². The zero-order valence-corrected chi connectivity index (χ0v) is 13.6. The van der Waals surface area contributed by atoms with Crippen molar-refractivity contribution < 1.29 is 9.53 Å². The zero-order chi connectivity index (χ0) is 15.6. The molecule has 3 atom stereocenters. The Kier molecular flexibility index (Phi) is 4.96. The fraction of sp³-hybridized carbons (Fsp3) is 0.706. The predicted molar refractivity (Wildman–Crippen MR) is 85.1 cm³/mol. The smallest absolute Gasteiger partial charge is 0.355 e. The van der Waals surface area contributed by atoms with Gasteiger partial charge in [-0.25, -0.2) is 4.79 Å². The average molecular weight is 292 g/mol. The maximum Gasteiger partial charge on any atom is 0.355 e. The van der Waals surface area contributed by atoms with E-state index in [2.05, 4.69) is 20.8 Å². The third-order valence-corrected chi connectivity index (χ3v) is 4.69. The third kappa shape index (κ3) is 3.60. The van der Waals surface area contributed by atoms with Crippen molar-refractivity contribution in [2.24, 2.45) is 17.8 Å². The van der Waals surface area contributed by atoms with Crippen LogP contribution in [-0.4, -0.2) is 16.6 Å². The second-order valence-corrected chi connectivity index (χ2v) is 6.71. The van der Waals surface area contributed by atoms with E-state index in [1.54, 1.807) is 12.3 Å². The highest BCUT2D eigenvalue weighted by molar-refractivity contribution is 5.89. The maximum absolute atomic E-state index is 12.5. The van der Waals surface area contributed by atoms with Gasteiger partial charge in [0.1, 0.15) is 11.8 Å². The van der Waals surface area contributed by atoms with Crippen LogP contribution in [0.1, 0.15) is 57.4 Å². The number of esters is 1. The first-order valence-electron chi connectivity index (χ1n) is 8.09. The normalized spacial score (nSPS) is 26.0. The standard InChI is InChI=1S/C17H28N2O2/c1-5-19-10-13(18)9-15(19)17(20)21-16-8-12(4)6-7-14(16)11(2)3/h9-12,14,16H,5-8,18H2,1-4H3. The lowest BCUT2D eigenvalue weighted by Gasteiger charge is -2.36. The number of aryl methyl sites for hydroxylation is 1. The summed E-state index contributed by atoms with van der Waals surface area (Å²) >= 11 is 0. The highest BCUT2D eigenvalue weighted by Crippen LogP contribution is 2.35. The van der Waals surface area contributed by atoms with Crippen LogP contribution < -0.4 is 5.73 Å². The molecule has 0 amide bonds. The van der Waals surface area contributed by atoms with Crippen molar-refractivity contribution in [3.05, 3.63) is 18.0 Å². The van der Waals surface area contributed by atoms with E-state index in [1.165, 1.54) is 6.42 Å². The van der Waals surface area contributed by atoms with Gasteiger partial charge < -0.3 is 15.0 Å². The van der Waals surface area contributed by atoms with Gasteiger partial charge in [-0.2, -0.15) is 0 Å². The van der Waals surface area contributed by atoms with Crippen LogP contribution in [0.5, 0.6) is 0 Å². The van der Waals surface area contributed by atoms with Crippen molar-refractivity contribution in [1.29, 1.82) is 0 Å². The predicted octanol–water partition coefficient (Wildman–Crippen LogP) is 3.71. The Morgan fingerprint density at radius 3 is 2.81 bits per heavy atom. The first-order chi connectivity index (χ1) is 9.92. The molecule has 0 saturated heterocycles. The van der Waals surface area contributed by atoms with Crippen molar-refractivity contribution in [3.63, 3.8) is 0 Å². The van der Waals surface area contributed by atoms with Crippen LogP contribution in [0.25, 0.3) is 0 Å². The van der Waals surface area contributed by atoms with Gasteiger partial charge in [0.15, 0.2) is 0 Å². The summed E-state index contributed by atoms with van der Waals surface area (Å²) in [6.07, 6.45) is 5.17. The van der Waals surface area contributed by atoms with Gasteiger partial charge in [0.05, 0.1) is 5.69 Å². The Morgan fingerprint density at radius 2 is 2.19 bits per heavy atom. The van der Waals surface area contributed by atoms with Gasteiger partial charge in [-0.1, -0.05) is 27.2 Å². The monoisotopic (exact) mass is 292 g/mol. The van der Waals surface area contributed by atoms with E-state index < -0.39 is 0 Å². The molecule has 1 heterocycles. The van der Waals surface area contributed by atoms with E-state index in [9.17, 15) is 4.79 Å². The molecular weight excluding hydrogens is 264 g/mol. The molecule has 1 aliphatic rings. The second-order valence-electron chi connectivity index (χ2n) is 6.71. The molecule has 0 radical (unpaired) electrons. The van der Waals surface area contributed by atoms with Crippen LogP contribution >= 0.6 is 0 Å². The zero-order valence-electron chi connectivity index (χ0n) is 13.6. The number of hydrogen-bond acceptors (Lipinski definition) is 3. The van der Waals surface area contributed by atoms with Crippen molar-refractivity contribution in [3.8, 4) is 0 Å². The number of carbonyl (C=O) groups excluding carboxylic acids is 1. The molecule has 4 nitrogen and oxygen atoms in total. The highest BCUT2D eigenvalue weighted by Gasteiger charge is 2.34. The molecule has 0 bridgehead atoms. The van der Waals surface area contributed by atoms with Crippen LogP contribution in [0.15, 0.2) is 12.3 Å². The topological polar surface area (TPSA) is 57.2 Å². The fourth-order valence-electron chi connectivity index (χ4n) is 3.41. The number of ether oxygens (including phenoxy) is 1. The third-order valence-electron chi connectivity index (χ3n) is 4.69. The molecule has 4 heteroatoms. The van der Waals surface area contributed by atoms with Crippen LogP contribution in [0, 0.1) is 17.8 Å². The first-order valence-corrected chi connectivity index (χ1v) is 8.09. The highest BCUT2D eigenvalue weighted by atomic mass is 16.5. The van der Waals surface area contributed by atoms with Crippen molar-refractivity contribution in [2.45, 2.75) is 59.6 Å². The lowest BCUT2D eigenvalue weighted by atomic mass is 9.75. The minimum absolute atomic E-state index is 0.0303. The van der Waals surface area contributed by atoms with E-state index in [0.29, 0.717) is 29.1 Å². The number of aromatic nitrogens is 1. The number of nitrogens with zero attached hydrogens (tertiary/aromatic N) is 1. The molecule has 1 aromatic rings. The Labute approximate surface area is 127 Å². The van der Waals surface area contributed by atoms with Crippen molar-refractivity contribution in [1.82, 2.24) is 4.57 Å². The molecule has 0 aromatic carbocycles. The number of hydrogen-bond donors (Lipinski definition) is 1. The van der Waals surface area contributed by atoms with Crippen LogP contribution in [0.4, 0.5) is 5.69 Å². The Bertz CT molecular complexity index is 493. The number of rotatable bonds is 4. The molecule has 2 rings (SSSR count). The molecular formula is C17H28N2O2. The SMILES string of the molecule is CCn1cc(N)cc1C(=O)OC1CC(C)CCC1C(C)C. The lowest BCUT2D eigenvalue weighted by Crippen LogP contribution is -2.36. The molecule has 118 valence electrons. The quantitative estimate of drug-likeness (QED) is 0.861. The fourth-order valence-corrected chi connectivity index (χ4v) is 3.41. The van der Waals surface area contributed by atoms with E-state index >= 15 is 0 Å². The summed E-state index contributed by atoms with van der Waals surface area (Å²) in [5.74, 6) is 1.39. The Morgan fingerprint density at radius 1 is 1.48 bits per heavy atom. The minimum atomic E-state index is -0.238. The number of carbonyl (C=O) groups is 1. The Hall–Kier alpha value is -1.45. The van der Waals surface area contributed by atoms with E-state index in [1.807, 2.05) is 11.5 Å². The lowest BCUT2D eigenvalue weighted by molar-refractivity contribution is -0.0182. The second kappa shape index (κ2) is 6.54. The Balaban J connectivity index is 2.12. The minimum Gasteiger partial charge on any atom is -0.457 e. The van der Waals surface area contributed by atoms with Gasteiger partial charge in [-0.05, 0) is 43.6 Å². The number of nitrogen functional groups attached to an aromatic ring is 1. The van der Waals surface area contributed by atoms with Gasteiger partial charge in [-0.3, -0.25) is 0 Å². The van der Waals surface area contributed by atoms with Crippen LogP contribution in [0.2, 0.25) is 0 Å². The van der Waals surface area contributed by atoms with Crippen molar-refractivity contribution in [2.75, 3.05) is 5.73 Å². The molecule has 1 aliphatic carbocycles. The summed E-state index contributed by atoms with van der Waals surface area (Å²) in [5.41, 5.74) is 6.97. The molecule has 1 aromatic heterocycles. The average Bonchev–Trinajstić information content (AvgIpc) is 2.79. The van der Waals surface area contributed by atoms with Gasteiger partial charge in [0.25, 0.3) is 0 Å². The van der Waals surface area contributed by atoms with Gasteiger partial charge in [0.2, 0.25) is 0 Å². The number of nitrogens with two attached hydrogens (primary N) is 1. The molecule has 1 fully saturated rings. The summed E-state index contributed by atoms with van der Waals surface area (Å²) in [7, 11) is 0. The summed E-state index contributed by atoms with van der Waals surface area (Å²) in [6, 6.07) is 1.71.